The van der Waals surface area contributed by atoms with E-state index >= 15 is 13.2 Å². The molecule has 2 bridgehead atoms. The van der Waals surface area contributed by atoms with Gasteiger partial charge in [0.15, 0.2) is 5.82 Å². The Labute approximate surface area is 262 Å². The number of imidazole rings is 1. The van der Waals surface area contributed by atoms with E-state index in [9.17, 15) is 14.0 Å². The van der Waals surface area contributed by atoms with Gasteiger partial charge in [-0.15, -0.1) is 0 Å². The molecule has 2 amide bonds. The number of piperidine rings is 1. The molecule has 2 saturated carbocycles. The average Bonchev–Trinajstić information content (AvgIpc) is 3.81. The number of amides is 2. The summed E-state index contributed by atoms with van der Waals surface area (Å²) in [4.78, 5) is 35.5. The number of nitrogens with one attached hydrogen (secondary N) is 3. The predicted molar refractivity (Wildman–Crippen MR) is 162 cm³/mol. The van der Waals surface area contributed by atoms with Crippen LogP contribution in [-0.2, 0) is 18.4 Å². The van der Waals surface area contributed by atoms with Gasteiger partial charge >= 0.3 is 0 Å². The molecule has 1 saturated heterocycles. The van der Waals surface area contributed by atoms with E-state index in [1.807, 2.05) is 25.1 Å². The molecule has 13 heteroatoms. The van der Waals surface area contributed by atoms with Crippen molar-refractivity contribution in [1.82, 2.24) is 35.1 Å². The van der Waals surface area contributed by atoms with Gasteiger partial charge in [0.2, 0.25) is 5.91 Å². The summed E-state index contributed by atoms with van der Waals surface area (Å²) in [6.07, 6.45) is 0.688. The van der Waals surface area contributed by atoms with Crippen molar-refractivity contribution in [3.63, 3.8) is 0 Å². The molecular formula is C33H35F4N7O2. The highest BCUT2D eigenvalue weighted by atomic mass is 19.3. The topological polar surface area (TPSA) is 106 Å². The van der Waals surface area contributed by atoms with Gasteiger partial charge in [0, 0.05) is 49.3 Å². The van der Waals surface area contributed by atoms with Crippen molar-refractivity contribution in [3.05, 3.63) is 47.4 Å². The van der Waals surface area contributed by atoms with Crippen molar-refractivity contribution in [2.24, 2.45) is 30.7 Å². The number of benzene rings is 1. The average molecular weight is 638 g/mol. The fraction of sp³-hybridized carbons (Fsp3) is 0.515. The quantitative estimate of drug-likeness (QED) is 0.284. The first kappa shape index (κ1) is 29.4. The molecule has 2 aliphatic carbocycles. The van der Waals surface area contributed by atoms with Crippen LogP contribution in [0.25, 0.3) is 33.6 Å². The Morgan fingerprint density at radius 1 is 1.11 bits per heavy atom. The van der Waals surface area contributed by atoms with Gasteiger partial charge in [-0.25, -0.2) is 27.5 Å². The van der Waals surface area contributed by atoms with Crippen molar-refractivity contribution in [1.29, 1.82) is 0 Å². The number of rotatable bonds is 3. The van der Waals surface area contributed by atoms with Gasteiger partial charge in [-0.05, 0) is 69.3 Å². The molecule has 3 aromatic heterocycles. The van der Waals surface area contributed by atoms with Gasteiger partial charge in [-0.1, -0.05) is 0 Å². The molecule has 0 radical (unpaired) electrons. The number of fused-ring (bicyclic) bond motifs is 4. The van der Waals surface area contributed by atoms with Crippen molar-refractivity contribution in [2.45, 2.75) is 63.3 Å². The standard InChI is InChI=1S/C33H35F4N7O2/c1-15-24-6-4-17-10-28(44(29(17)40-24)14-21-20(33(21,36)37)5-3-16-9-18(16)31(45)39-15)30-41-25-11-19(23(35)12-27(25)43(30)2)32(46)42-26-13-38-8-7-22(26)34/h4,6,10-12,15-16,18,20-22,26,38H,3,5,7-9,13-14H2,1-2H3,(H,39,45)(H,42,46)/t15-,16-,18-,20-,21+,22+,26+/m1/s1. The van der Waals surface area contributed by atoms with Crippen molar-refractivity contribution >= 4 is 33.9 Å². The molecule has 4 aliphatic rings. The lowest BCUT2D eigenvalue weighted by atomic mass is 10.0. The Hall–Kier alpha value is -4.00. The summed E-state index contributed by atoms with van der Waals surface area (Å²) in [7, 11) is 1.70. The Morgan fingerprint density at radius 2 is 1.93 bits per heavy atom. The predicted octanol–water partition coefficient (Wildman–Crippen LogP) is 4.65. The normalized spacial score (nSPS) is 30.4. The Bertz CT molecular complexity index is 1900. The lowest BCUT2D eigenvalue weighted by Gasteiger charge is -2.27. The van der Waals surface area contributed by atoms with E-state index in [4.69, 9.17) is 9.97 Å². The zero-order chi connectivity index (χ0) is 32.1. The summed E-state index contributed by atoms with van der Waals surface area (Å²) in [5.41, 5.74) is 2.14. The number of aryl methyl sites for hydroxylation is 1. The molecule has 3 N–H and O–H groups in total. The third-order valence-corrected chi connectivity index (χ3v) is 10.6. The summed E-state index contributed by atoms with van der Waals surface area (Å²) < 4.78 is 63.6. The molecule has 7 atom stereocenters. The van der Waals surface area contributed by atoms with Crippen LogP contribution in [0.5, 0.6) is 0 Å². The maximum atomic E-state index is 15.3. The Balaban J connectivity index is 1.20. The highest BCUT2D eigenvalue weighted by Gasteiger charge is 2.67. The first-order valence-corrected chi connectivity index (χ1v) is 16.0. The number of hydrogen-bond acceptors (Lipinski definition) is 5. The third kappa shape index (κ3) is 4.76. The zero-order valence-electron chi connectivity index (χ0n) is 25.5. The van der Waals surface area contributed by atoms with E-state index in [-0.39, 0.29) is 48.9 Å². The Kier molecular flexibility index (Phi) is 6.72. The maximum absolute atomic E-state index is 15.3. The second-order valence-corrected chi connectivity index (χ2v) is 13.5. The minimum Gasteiger partial charge on any atom is -0.348 e. The van der Waals surface area contributed by atoms with E-state index in [0.717, 1.165) is 6.42 Å². The molecular weight excluding hydrogens is 602 g/mol. The highest BCUT2D eigenvalue weighted by Crippen LogP contribution is 2.60. The summed E-state index contributed by atoms with van der Waals surface area (Å²) in [6, 6.07) is 6.93. The van der Waals surface area contributed by atoms with E-state index in [1.54, 1.807) is 16.2 Å². The van der Waals surface area contributed by atoms with Crippen LogP contribution >= 0.6 is 0 Å². The first-order chi connectivity index (χ1) is 22.0. The summed E-state index contributed by atoms with van der Waals surface area (Å²) in [6.45, 7) is 2.64. The molecule has 1 aromatic carbocycles. The van der Waals surface area contributed by atoms with Crippen molar-refractivity contribution < 1.29 is 27.2 Å². The van der Waals surface area contributed by atoms with Crippen LogP contribution in [0.15, 0.2) is 30.3 Å². The van der Waals surface area contributed by atoms with Gasteiger partial charge in [0.1, 0.15) is 17.6 Å². The summed E-state index contributed by atoms with van der Waals surface area (Å²) in [5, 5.41) is 9.39. The summed E-state index contributed by atoms with van der Waals surface area (Å²) >= 11 is 0. The van der Waals surface area contributed by atoms with Crippen molar-refractivity contribution in [3.8, 4) is 11.5 Å². The van der Waals surface area contributed by atoms with Gasteiger partial charge in [-0.2, -0.15) is 0 Å². The van der Waals surface area contributed by atoms with Gasteiger partial charge in [0.05, 0.1) is 40.1 Å². The maximum Gasteiger partial charge on any atom is 0.256 e. The van der Waals surface area contributed by atoms with Crippen LogP contribution in [-0.4, -0.2) is 62.1 Å². The van der Waals surface area contributed by atoms with Crippen molar-refractivity contribution in [2.75, 3.05) is 13.1 Å². The van der Waals surface area contributed by atoms with Crippen LogP contribution in [0.1, 0.15) is 54.7 Å². The molecule has 0 spiro atoms. The smallest absolute Gasteiger partial charge is 0.256 e. The second-order valence-electron chi connectivity index (χ2n) is 13.5. The van der Waals surface area contributed by atoms with Gasteiger partial charge in [0.25, 0.3) is 11.8 Å². The fourth-order valence-corrected chi connectivity index (χ4v) is 7.56. The fourth-order valence-electron chi connectivity index (χ4n) is 7.56. The van der Waals surface area contributed by atoms with E-state index < -0.39 is 41.7 Å². The number of nitrogens with zero attached hydrogens (tertiary/aromatic N) is 4. The first-order valence-electron chi connectivity index (χ1n) is 16.0. The SMILES string of the molecule is C[C@H]1NC(=O)[C@@H]2C[C@H]2CC[C@@H]2[C@H](Cn3c(-c4nc5cc(C(=O)N[C@H]6CNCC[C@@H]6F)c(F)cc5n4C)cc4ccc1nc43)C2(F)F. The van der Waals surface area contributed by atoms with Gasteiger partial charge < -0.3 is 25.1 Å². The van der Waals surface area contributed by atoms with E-state index in [1.165, 1.54) is 12.1 Å². The molecule has 4 aromatic rings. The molecule has 3 fully saturated rings. The van der Waals surface area contributed by atoms with Gasteiger partial charge in [-0.3, -0.25) is 9.59 Å². The number of carbonyl (C=O) groups excluding carboxylic acids is 2. The minimum atomic E-state index is -2.84. The van der Waals surface area contributed by atoms with E-state index in [0.29, 0.717) is 58.7 Å². The van der Waals surface area contributed by atoms with Crippen LogP contribution in [0.3, 0.4) is 0 Å². The number of carbonyl (C=O) groups is 2. The van der Waals surface area contributed by atoms with Crippen LogP contribution < -0.4 is 16.0 Å². The molecule has 8 rings (SSSR count). The Morgan fingerprint density at radius 3 is 2.74 bits per heavy atom. The number of halogens is 4. The number of alkyl halides is 3. The number of pyridine rings is 1. The zero-order valence-corrected chi connectivity index (χ0v) is 25.5. The summed E-state index contributed by atoms with van der Waals surface area (Å²) in [5.74, 6) is -5.69. The lowest BCUT2D eigenvalue weighted by Crippen LogP contribution is -2.52. The van der Waals surface area contributed by atoms with Crippen LogP contribution in [0.4, 0.5) is 17.6 Å². The monoisotopic (exact) mass is 637 g/mol. The van der Waals surface area contributed by atoms with Crippen LogP contribution in [0.2, 0.25) is 0 Å². The minimum absolute atomic E-state index is 0.0207. The third-order valence-electron chi connectivity index (χ3n) is 10.6. The molecule has 0 unspecified atom stereocenters. The van der Waals surface area contributed by atoms with Crippen LogP contribution in [0, 0.1) is 29.5 Å². The van der Waals surface area contributed by atoms with E-state index in [2.05, 4.69) is 16.0 Å². The highest BCUT2D eigenvalue weighted by molar-refractivity contribution is 5.98. The largest absolute Gasteiger partial charge is 0.348 e. The molecule has 242 valence electrons. The molecule has 46 heavy (non-hydrogen) atoms. The molecule has 5 heterocycles. The second kappa shape index (κ2) is 10.5. The molecule has 2 aliphatic heterocycles. The lowest BCUT2D eigenvalue weighted by molar-refractivity contribution is -0.123. The molecule has 9 nitrogen and oxygen atoms in total. The number of aromatic nitrogens is 4. The number of hydrogen-bond donors (Lipinski definition) is 3.